The predicted molar refractivity (Wildman–Crippen MR) is 94.7 cm³/mol. The Morgan fingerprint density at radius 2 is 1.96 bits per heavy atom. The van der Waals surface area contributed by atoms with Gasteiger partial charge in [0.2, 0.25) is 0 Å². The van der Waals surface area contributed by atoms with E-state index in [-0.39, 0.29) is 6.04 Å². The van der Waals surface area contributed by atoms with Crippen molar-refractivity contribution in [2.24, 2.45) is 0 Å². The molecular weight excluding hydrogens is 326 g/mol. The molecule has 0 spiro atoms. The molecule has 24 heavy (non-hydrogen) atoms. The maximum absolute atomic E-state index is 13.0. The highest BCUT2D eigenvalue weighted by atomic mass is 32.2. The third-order valence-electron chi connectivity index (χ3n) is 4.35. The summed E-state index contributed by atoms with van der Waals surface area (Å²) in [5, 5.41) is 0. The summed E-state index contributed by atoms with van der Waals surface area (Å²) in [6, 6.07) is -0.202. The van der Waals surface area contributed by atoms with E-state index in [4.69, 9.17) is 0 Å². The van der Waals surface area contributed by atoms with Gasteiger partial charge < -0.3 is 4.90 Å². The molecule has 1 saturated heterocycles. The van der Waals surface area contributed by atoms with E-state index in [1.165, 1.54) is 4.31 Å². The van der Waals surface area contributed by atoms with Crippen molar-refractivity contribution in [1.82, 2.24) is 23.5 Å². The van der Waals surface area contributed by atoms with Gasteiger partial charge in [0, 0.05) is 37.9 Å². The van der Waals surface area contributed by atoms with Crippen LogP contribution in [0.3, 0.4) is 0 Å². The normalized spacial score (nSPS) is 19.5. The predicted octanol–water partition coefficient (Wildman–Crippen LogP) is 1.57. The molecule has 1 atom stereocenters. The molecule has 2 rings (SSSR count). The van der Waals surface area contributed by atoms with E-state index < -0.39 is 10.2 Å². The zero-order valence-electron chi connectivity index (χ0n) is 15.4. The van der Waals surface area contributed by atoms with E-state index in [1.807, 2.05) is 41.1 Å². The van der Waals surface area contributed by atoms with Gasteiger partial charge in [0.15, 0.2) is 0 Å². The molecule has 0 radical (unpaired) electrons. The van der Waals surface area contributed by atoms with Gasteiger partial charge in [-0.25, -0.2) is 9.97 Å². The van der Waals surface area contributed by atoms with Crippen LogP contribution in [0.2, 0.25) is 0 Å². The fourth-order valence-corrected chi connectivity index (χ4v) is 5.09. The third-order valence-corrected chi connectivity index (χ3v) is 6.55. The van der Waals surface area contributed by atoms with Gasteiger partial charge in [-0.1, -0.05) is 13.8 Å². The van der Waals surface area contributed by atoms with Crippen LogP contribution in [-0.2, 0) is 16.8 Å². The minimum Gasteiger partial charge on any atom is -0.305 e. The highest BCUT2D eigenvalue weighted by Gasteiger charge is 2.39. The first kappa shape index (κ1) is 19.2. The van der Waals surface area contributed by atoms with Crippen LogP contribution < -0.4 is 0 Å². The fraction of sp³-hybridized carbons (Fsp3) is 0.750. The number of rotatable bonds is 7. The summed E-state index contributed by atoms with van der Waals surface area (Å²) in [6.45, 7) is 7.81. The highest BCUT2D eigenvalue weighted by Crippen LogP contribution is 2.36. The van der Waals surface area contributed by atoms with Gasteiger partial charge in [-0.2, -0.15) is 17.0 Å². The van der Waals surface area contributed by atoms with Crippen LogP contribution in [0.15, 0.2) is 6.20 Å². The minimum absolute atomic E-state index is 0.202. The van der Waals surface area contributed by atoms with E-state index in [2.05, 4.69) is 14.9 Å². The summed E-state index contributed by atoms with van der Waals surface area (Å²) in [5.41, 5.74) is 1.85. The van der Waals surface area contributed by atoms with Crippen molar-refractivity contribution in [1.29, 1.82) is 0 Å². The molecule has 0 saturated carbocycles. The van der Waals surface area contributed by atoms with Gasteiger partial charge in [0.1, 0.15) is 5.82 Å². The molecule has 1 aliphatic heterocycles. The lowest BCUT2D eigenvalue weighted by atomic mass is 10.1. The molecule has 0 unspecified atom stereocenters. The third kappa shape index (κ3) is 3.93. The van der Waals surface area contributed by atoms with Crippen LogP contribution in [0, 0.1) is 6.92 Å². The average molecular weight is 356 g/mol. The lowest BCUT2D eigenvalue weighted by molar-refractivity contribution is 0.329. The summed E-state index contributed by atoms with van der Waals surface area (Å²) in [5.74, 6) is 0.680. The molecule has 136 valence electrons. The molecule has 7 nitrogen and oxygen atoms in total. The fourth-order valence-electron chi connectivity index (χ4n) is 3.25. The standard InChI is InChI=1S/C16H29N5O2S/c1-6-20(7-2)24(22,23)21-10-8-9-15(21)16-14(12-19(4)5)11-17-13(3)18-16/h11,15H,6-10,12H2,1-5H3/t15-/m0/s1. The second kappa shape index (κ2) is 7.86. The van der Waals surface area contributed by atoms with E-state index >= 15 is 0 Å². The molecular formula is C16H29N5O2S. The number of hydrogen-bond donors (Lipinski definition) is 0. The van der Waals surface area contributed by atoms with E-state index in [1.54, 1.807) is 4.31 Å². The SMILES string of the molecule is CCN(CC)S(=O)(=O)N1CCC[C@H]1c1nc(C)ncc1CN(C)C. The van der Waals surface area contributed by atoms with Crippen LogP contribution in [0.25, 0.3) is 0 Å². The molecule has 1 aliphatic rings. The Balaban J connectivity index is 2.42. The van der Waals surface area contributed by atoms with Gasteiger partial charge in [-0.3, -0.25) is 0 Å². The van der Waals surface area contributed by atoms with Gasteiger partial charge >= 0.3 is 0 Å². The largest absolute Gasteiger partial charge is 0.305 e. The Kier molecular flexibility index (Phi) is 6.30. The summed E-state index contributed by atoms with van der Waals surface area (Å²) in [6.07, 6.45) is 3.49. The molecule has 8 heteroatoms. The van der Waals surface area contributed by atoms with Gasteiger partial charge in [-0.05, 0) is 33.9 Å². The molecule has 1 aromatic heterocycles. The maximum atomic E-state index is 13.0. The zero-order valence-corrected chi connectivity index (χ0v) is 16.2. The Morgan fingerprint density at radius 3 is 2.54 bits per heavy atom. The topological polar surface area (TPSA) is 69.6 Å². The molecule has 1 aromatic rings. The summed E-state index contributed by atoms with van der Waals surface area (Å²) in [4.78, 5) is 11.0. The number of hydrogen-bond acceptors (Lipinski definition) is 5. The second-order valence-corrected chi connectivity index (χ2v) is 8.31. The van der Waals surface area contributed by atoms with Crippen molar-refractivity contribution in [2.75, 3.05) is 33.7 Å². The lowest BCUT2D eigenvalue weighted by Gasteiger charge is -2.30. The molecule has 2 heterocycles. The van der Waals surface area contributed by atoms with Crippen molar-refractivity contribution in [3.05, 3.63) is 23.3 Å². The Hall–Kier alpha value is -1.09. The van der Waals surface area contributed by atoms with Crippen LogP contribution in [-0.4, -0.2) is 65.6 Å². The first-order valence-corrected chi connectivity index (χ1v) is 9.95. The Labute approximate surface area is 145 Å². The van der Waals surface area contributed by atoms with Crippen molar-refractivity contribution in [2.45, 2.75) is 46.2 Å². The first-order chi connectivity index (χ1) is 11.3. The average Bonchev–Trinajstić information content (AvgIpc) is 2.99. The maximum Gasteiger partial charge on any atom is 0.282 e. The molecule has 1 fully saturated rings. The summed E-state index contributed by atoms with van der Waals surface area (Å²) >= 11 is 0. The molecule has 0 bridgehead atoms. The Bertz CT molecular complexity index is 658. The van der Waals surface area contributed by atoms with E-state index in [9.17, 15) is 8.42 Å². The van der Waals surface area contributed by atoms with Crippen molar-refractivity contribution in [3.63, 3.8) is 0 Å². The zero-order chi connectivity index (χ0) is 17.9. The smallest absolute Gasteiger partial charge is 0.282 e. The van der Waals surface area contributed by atoms with Gasteiger partial charge in [0.25, 0.3) is 10.2 Å². The van der Waals surface area contributed by atoms with Crippen LogP contribution in [0.1, 0.15) is 49.8 Å². The minimum atomic E-state index is -3.46. The summed E-state index contributed by atoms with van der Waals surface area (Å²) < 4.78 is 29.1. The lowest BCUT2D eigenvalue weighted by Crippen LogP contribution is -2.43. The number of aryl methyl sites for hydroxylation is 1. The van der Waals surface area contributed by atoms with Gasteiger partial charge in [-0.15, -0.1) is 0 Å². The molecule has 0 aromatic carbocycles. The second-order valence-electron chi connectivity index (χ2n) is 6.43. The monoisotopic (exact) mass is 355 g/mol. The van der Waals surface area contributed by atoms with Crippen LogP contribution in [0.4, 0.5) is 0 Å². The van der Waals surface area contributed by atoms with Crippen molar-refractivity contribution in [3.8, 4) is 0 Å². The number of aromatic nitrogens is 2. The quantitative estimate of drug-likeness (QED) is 0.742. The molecule has 0 aliphatic carbocycles. The van der Waals surface area contributed by atoms with E-state index in [0.717, 1.165) is 24.1 Å². The molecule has 0 N–H and O–H groups in total. The highest BCUT2D eigenvalue weighted by molar-refractivity contribution is 7.86. The van der Waals surface area contributed by atoms with Crippen LogP contribution in [0.5, 0.6) is 0 Å². The van der Waals surface area contributed by atoms with E-state index in [0.29, 0.717) is 32.0 Å². The first-order valence-electron chi connectivity index (χ1n) is 8.55. The van der Waals surface area contributed by atoms with Gasteiger partial charge in [0.05, 0.1) is 11.7 Å². The van der Waals surface area contributed by atoms with Crippen molar-refractivity contribution >= 4 is 10.2 Å². The van der Waals surface area contributed by atoms with Crippen LogP contribution >= 0.6 is 0 Å². The van der Waals surface area contributed by atoms with Crippen molar-refractivity contribution < 1.29 is 8.42 Å². The Morgan fingerprint density at radius 1 is 1.29 bits per heavy atom. The summed E-state index contributed by atoms with van der Waals surface area (Å²) in [7, 11) is 0.514. The molecule has 0 amide bonds. The number of nitrogens with zero attached hydrogens (tertiary/aromatic N) is 5.